The van der Waals surface area contributed by atoms with Gasteiger partial charge in [0.05, 0.1) is 12.5 Å². The van der Waals surface area contributed by atoms with Crippen molar-refractivity contribution in [1.82, 2.24) is 9.97 Å². The van der Waals surface area contributed by atoms with Crippen LogP contribution in [0.4, 0.5) is 5.69 Å². The number of anilines is 1. The number of hydrogen-bond donors (Lipinski definition) is 3. The first-order valence-corrected chi connectivity index (χ1v) is 3.08. The van der Waals surface area contributed by atoms with Crippen LogP contribution in [0.15, 0.2) is 17.3 Å². The zero-order valence-corrected chi connectivity index (χ0v) is 6.57. The number of aromatic nitrogens is 2. The van der Waals surface area contributed by atoms with E-state index in [1.165, 1.54) is 19.4 Å². The van der Waals surface area contributed by atoms with E-state index in [1.54, 1.807) is 0 Å². The molecule has 0 aliphatic heterocycles. The van der Waals surface area contributed by atoms with Gasteiger partial charge in [-0.25, -0.2) is 4.98 Å². The molecule has 5 N–H and O–H groups in total. The first kappa shape index (κ1) is 10.2. The van der Waals surface area contributed by atoms with Crippen molar-refractivity contribution in [1.29, 1.82) is 0 Å². The molecule has 0 atom stereocenters. The van der Waals surface area contributed by atoms with Crippen molar-refractivity contribution in [3.63, 3.8) is 0 Å². The molecule has 0 aliphatic rings. The molecule has 0 spiro atoms. The Kier molecular flexibility index (Phi) is 4.13. The summed E-state index contributed by atoms with van der Waals surface area (Å²) in [6.45, 7) is 1.31. The van der Waals surface area contributed by atoms with E-state index in [0.29, 0.717) is 0 Å². The fourth-order valence-electron chi connectivity index (χ4n) is 0.355. The lowest BCUT2D eigenvalue weighted by molar-refractivity contribution is -0.115. The highest BCUT2D eigenvalue weighted by atomic mass is 16.1. The summed E-state index contributed by atoms with van der Waals surface area (Å²) in [4.78, 5) is 25.5. The lowest BCUT2D eigenvalue weighted by Gasteiger charge is -1.83. The van der Waals surface area contributed by atoms with E-state index in [0.717, 1.165) is 0 Å². The number of nitrogens with one attached hydrogen (secondary N) is 1. The maximum atomic E-state index is 10.4. The Balaban J connectivity index is 0.000000261. The highest BCUT2D eigenvalue weighted by Gasteiger charge is 1.85. The lowest BCUT2D eigenvalue weighted by atomic mass is 10.6. The number of H-pyrrole nitrogens is 1. The number of carbonyl (C=O) groups is 1. The normalized spacial score (nSPS) is 8.08. The van der Waals surface area contributed by atoms with Gasteiger partial charge in [0.25, 0.3) is 5.56 Å². The number of nitrogens with two attached hydrogens (primary N) is 2. The molecule has 0 aliphatic carbocycles. The van der Waals surface area contributed by atoms with Crippen LogP contribution in [0.2, 0.25) is 0 Å². The predicted molar refractivity (Wildman–Crippen MR) is 44.1 cm³/mol. The molecule has 1 aromatic rings. The van der Waals surface area contributed by atoms with E-state index in [-0.39, 0.29) is 17.2 Å². The van der Waals surface area contributed by atoms with Crippen LogP contribution in [-0.4, -0.2) is 15.9 Å². The summed E-state index contributed by atoms with van der Waals surface area (Å²) in [5.74, 6) is -0.333. The van der Waals surface area contributed by atoms with Gasteiger partial charge in [-0.05, 0) is 0 Å². The van der Waals surface area contributed by atoms with Crippen molar-refractivity contribution >= 4 is 11.6 Å². The fourth-order valence-corrected chi connectivity index (χ4v) is 0.355. The maximum absolute atomic E-state index is 10.4. The molecule has 0 saturated carbocycles. The van der Waals surface area contributed by atoms with Gasteiger partial charge < -0.3 is 16.5 Å². The van der Waals surface area contributed by atoms with Crippen LogP contribution in [0.3, 0.4) is 0 Å². The van der Waals surface area contributed by atoms with E-state index in [2.05, 4.69) is 15.7 Å². The van der Waals surface area contributed by atoms with Crippen LogP contribution in [0.5, 0.6) is 0 Å². The average Bonchev–Trinajstić information content (AvgIpc) is 1.94. The van der Waals surface area contributed by atoms with Crippen molar-refractivity contribution in [2.45, 2.75) is 6.92 Å². The monoisotopic (exact) mass is 170 g/mol. The van der Waals surface area contributed by atoms with Gasteiger partial charge in [-0.1, -0.05) is 0 Å². The highest BCUT2D eigenvalue weighted by molar-refractivity contribution is 5.70. The molecule has 0 fully saturated rings. The van der Waals surface area contributed by atoms with Gasteiger partial charge in [0.2, 0.25) is 5.91 Å². The number of rotatable bonds is 0. The SMILES string of the molecule is CC(N)=O.Nc1cnc[nH]c1=O. The second-order valence-corrected chi connectivity index (χ2v) is 1.95. The van der Waals surface area contributed by atoms with Crippen LogP contribution in [0.25, 0.3) is 0 Å². The number of nitrogen functional groups attached to an aromatic ring is 1. The summed E-state index contributed by atoms with van der Waals surface area (Å²) in [7, 11) is 0. The van der Waals surface area contributed by atoms with Crippen LogP contribution in [0.1, 0.15) is 6.92 Å². The predicted octanol–water partition coefficient (Wildman–Crippen LogP) is -1.16. The molecule has 66 valence electrons. The van der Waals surface area contributed by atoms with Crippen molar-refractivity contribution < 1.29 is 4.79 Å². The average molecular weight is 170 g/mol. The Morgan fingerprint density at radius 2 is 2.17 bits per heavy atom. The van der Waals surface area contributed by atoms with Gasteiger partial charge in [-0.15, -0.1) is 0 Å². The van der Waals surface area contributed by atoms with Crippen molar-refractivity contribution in [2.24, 2.45) is 5.73 Å². The first-order chi connectivity index (χ1) is 5.54. The molecular weight excluding hydrogens is 160 g/mol. The number of primary amides is 1. The number of nitrogens with zero attached hydrogens (tertiary/aromatic N) is 1. The zero-order valence-electron chi connectivity index (χ0n) is 6.57. The van der Waals surface area contributed by atoms with E-state index < -0.39 is 0 Å². The van der Waals surface area contributed by atoms with Crippen LogP contribution >= 0.6 is 0 Å². The van der Waals surface area contributed by atoms with E-state index >= 15 is 0 Å². The molecule has 1 heterocycles. The molecule has 0 radical (unpaired) electrons. The maximum Gasteiger partial charge on any atom is 0.273 e. The van der Waals surface area contributed by atoms with Gasteiger partial charge in [-0.3, -0.25) is 9.59 Å². The van der Waals surface area contributed by atoms with Crippen molar-refractivity contribution in [2.75, 3.05) is 5.73 Å². The summed E-state index contributed by atoms with van der Waals surface area (Å²) in [5, 5.41) is 0. The van der Waals surface area contributed by atoms with Crippen LogP contribution < -0.4 is 17.0 Å². The minimum Gasteiger partial charge on any atom is -0.393 e. The first-order valence-electron chi connectivity index (χ1n) is 3.08. The number of hydrogen-bond acceptors (Lipinski definition) is 4. The molecule has 0 aromatic carbocycles. The molecular formula is C6H10N4O2. The Morgan fingerprint density at radius 1 is 1.67 bits per heavy atom. The van der Waals surface area contributed by atoms with Gasteiger partial charge in [0, 0.05) is 6.92 Å². The standard InChI is InChI=1S/C4H5N3O.C2H5NO/c5-3-1-6-2-7-4(3)8;1-2(3)4/h1-2H,5H2,(H,6,7,8);1H3,(H2,3,4). The molecule has 1 aromatic heterocycles. The largest absolute Gasteiger partial charge is 0.393 e. The quantitative estimate of drug-likeness (QED) is 0.455. The number of amides is 1. The fraction of sp³-hybridized carbons (Fsp3) is 0.167. The molecule has 0 saturated heterocycles. The molecule has 12 heavy (non-hydrogen) atoms. The van der Waals surface area contributed by atoms with Crippen molar-refractivity contribution in [3.05, 3.63) is 22.9 Å². The summed E-state index contributed by atoms with van der Waals surface area (Å²) in [6.07, 6.45) is 2.59. The second kappa shape index (κ2) is 4.89. The summed E-state index contributed by atoms with van der Waals surface area (Å²) in [6, 6.07) is 0. The smallest absolute Gasteiger partial charge is 0.273 e. The van der Waals surface area contributed by atoms with E-state index in [1.807, 2.05) is 0 Å². The third-order valence-electron chi connectivity index (χ3n) is 0.746. The molecule has 1 amide bonds. The number of carbonyl (C=O) groups excluding carboxylic acids is 1. The zero-order chi connectivity index (χ0) is 9.56. The van der Waals surface area contributed by atoms with Crippen molar-refractivity contribution in [3.8, 4) is 0 Å². The number of aromatic amines is 1. The summed E-state index contributed by atoms with van der Waals surface area (Å²) >= 11 is 0. The molecule has 1 rings (SSSR count). The van der Waals surface area contributed by atoms with Gasteiger partial charge in [0.1, 0.15) is 5.69 Å². The van der Waals surface area contributed by atoms with E-state index in [4.69, 9.17) is 5.73 Å². The Morgan fingerprint density at radius 3 is 2.42 bits per heavy atom. The Labute approximate surface area is 68.6 Å². The topological polar surface area (TPSA) is 115 Å². The summed E-state index contributed by atoms with van der Waals surface area (Å²) < 4.78 is 0. The van der Waals surface area contributed by atoms with Crippen LogP contribution in [0, 0.1) is 0 Å². The van der Waals surface area contributed by atoms with Crippen LogP contribution in [-0.2, 0) is 4.79 Å². The second-order valence-electron chi connectivity index (χ2n) is 1.95. The molecule has 0 bridgehead atoms. The van der Waals surface area contributed by atoms with Gasteiger partial charge in [-0.2, -0.15) is 0 Å². The molecule has 6 nitrogen and oxygen atoms in total. The Hall–Kier alpha value is -1.85. The van der Waals surface area contributed by atoms with Gasteiger partial charge >= 0.3 is 0 Å². The molecule has 6 heteroatoms. The molecule has 0 unspecified atom stereocenters. The Bertz CT molecular complexity index is 302. The van der Waals surface area contributed by atoms with E-state index in [9.17, 15) is 9.59 Å². The minimum atomic E-state index is -0.333. The third kappa shape index (κ3) is 4.98. The van der Waals surface area contributed by atoms with Gasteiger partial charge in [0.15, 0.2) is 0 Å². The minimum absolute atomic E-state index is 0.146. The third-order valence-corrected chi connectivity index (χ3v) is 0.746. The lowest BCUT2D eigenvalue weighted by Crippen LogP contribution is -2.10. The summed E-state index contributed by atoms with van der Waals surface area (Å²) in [5.41, 5.74) is 9.44. The highest BCUT2D eigenvalue weighted by Crippen LogP contribution is 1.79.